The summed E-state index contributed by atoms with van der Waals surface area (Å²) in [5.74, 6) is -0.421. The zero-order valence-corrected chi connectivity index (χ0v) is 16.5. The van der Waals surface area contributed by atoms with E-state index in [9.17, 15) is 14.0 Å². The number of rotatable bonds is 4. The van der Waals surface area contributed by atoms with Gasteiger partial charge < -0.3 is 9.15 Å². The number of aromatic nitrogens is 1. The van der Waals surface area contributed by atoms with Gasteiger partial charge in [-0.2, -0.15) is 0 Å². The topological polar surface area (TPSA) is 73.8 Å². The Morgan fingerprint density at radius 1 is 1.34 bits per heavy atom. The van der Waals surface area contributed by atoms with E-state index in [1.165, 1.54) is 34.3 Å². The number of esters is 1. The number of hydrogen-bond acceptors (Lipinski definition) is 6. The summed E-state index contributed by atoms with van der Waals surface area (Å²) >= 11 is 1.20. The van der Waals surface area contributed by atoms with Crippen molar-refractivity contribution in [3.8, 4) is 0 Å². The maximum atomic E-state index is 13.5. The molecule has 0 aliphatic carbocycles. The first-order valence-corrected chi connectivity index (χ1v) is 9.80. The Hall–Kier alpha value is -3.26. The Kier molecular flexibility index (Phi) is 5.02. The van der Waals surface area contributed by atoms with Crippen molar-refractivity contribution in [1.29, 1.82) is 0 Å². The number of halogens is 1. The highest BCUT2D eigenvalue weighted by Gasteiger charge is 2.33. The number of carbonyl (C=O) groups excluding carboxylic acids is 1. The molecule has 0 spiro atoms. The molecule has 148 valence electrons. The smallest absolute Gasteiger partial charge is 0.338 e. The third-order valence-corrected chi connectivity index (χ3v) is 5.50. The van der Waals surface area contributed by atoms with Crippen LogP contribution in [0.15, 0.2) is 68.1 Å². The zero-order valence-electron chi connectivity index (χ0n) is 15.7. The predicted molar refractivity (Wildman–Crippen MR) is 106 cm³/mol. The van der Waals surface area contributed by atoms with E-state index < -0.39 is 17.8 Å². The van der Waals surface area contributed by atoms with E-state index in [0.717, 1.165) is 0 Å². The van der Waals surface area contributed by atoms with Crippen LogP contribution in [0.2, 0.25) is 0 Å². The van der Waals surface area contributed by atoms with Crippen molar-refractivity contribution in [3.05, 3.63) is 90.8 Å². The number of ether oxygens (including phenoxy) is 1. The second-order valence-electron chi connectivity index (χ2n) is 6.37. The van der Waals surface area contributed by atoms with E-state index in [1.807, 2.05) is 0 Å². The summed E-state index contributed by atoms with van der Waals surface area (Å²) in [6, 6.07) is 8.42. The lowest BCUT2D eigenvalue weighted by atomic mass is 9.96. The Bertz CT molecular complexity index is 1270. The molecule has 1 aliphatic heterocycles. The number of fused-ring (bicyclic) bond motifs is 1. The van der Waals surface area contributed by atoms with Crippen LogP contribution in [0.3, 0.4) is 0 Å². The van der Waals surface area contributed by atoms with Gasteiger partial charge in [0.1, 0.15) is 11.6 Å². The number of nitrogens with zero attached hydrogens (tertiary/aromatic N) is 2. The summed E-state index contributed by atoms with van der Waals surface area (Å²) in [5.41, 5.74) is 1.00. The largest absolute Gasteiger partial charge is 0.465 e. The van der Waals surface area contributed by atoms with Crippen LogP contribution in [0.25, 0.3) is 6.08 Å². The maximum absolute atomic E-state index is 13.5. The van der Waals surface area contributed by atoms with Crippen molar-refractivity contribution in [2.45, 2.75) is 19.9 Å². The molecule has 6 nitrogen and oxygen atoms in total. The van der Waals surface area contributed by atoms with E-state index in [-0.39, 0.29) is 17.7 Å². The van der Waals surface area contributed by atoms with E-state index >= 15 is 0 Å². The molecule has 1 aromatic carbocycles. The Morgan fingerprint density at radius 3 is 2.76 bits per heavy atom. The van der Waals surface area contributed by atoms with Crippen LogP contribution in [0.1, 0.15) is 31.2 Å². The van der Waals surface area contributed by atoms with Gasteiger partial charge in [0.2, 0.25) is 0 Å². The molecule has 8 heteroatoms. The molecule has 0 bridgehead atoms. The molecule has 29 heavy (non-hydrogen) atoms. The van der Waals surface area contributed by atoms with Gasteiger partial charge in [-0.05, 0) is 43.7 Å². The van der Waals surface area contributed by atoms with Gasteiger partial charge in [0.25, 0.3) is 5.56 Å². The molecule has 3 aromatic rings. The molecule has 0 radical (unpaired) electrons. The van der Waals surface area contributed by atoms with Crippen LogP contribution >= 0.6 is 11.3 Å². The first-order chi connectivity index (χ1) is 14.0. The zero-order chi connectivity index (χ0) is 20.5. The SMILES string of the molecule is CCOC(=O)C1=C(C)N=c2s/c(=C\c3ccco3)c(=O)n2C1c1ccc(F)cc1. The van der Waals surface area contributed by atoms with Crippen molar-refractivity contribution in [2.24, 2.45) is 4.99 Å². The van der Waals surface area contributed by atoms with E-state index in [4.69, 9.17) is 9.15 Å². The van der Waals surface area contributed by atoms with Crippen LogP contribution in [-0.4, -0.2) is 17.1 Å². The molecule has 4 rings (SSSR count). The van der Waals surface area contributed by atoms with Gasteiger partial charge >= 0.3 is 5.97 Å². The summed E-state index contributed by atoms with van der Waals surface area (Å²) in [4.78, 5) is 30.8. The van der Waals surface area contributed by atoms with Crippen LogP contribution in [-0.2, 0) is 9.53 Å². The first kappa shape index (κ1) is 19.1. The minimum Gasteiger partial charge on any atom is -0.465 e. The van der Waals surface area contributed by atoms with Crippen molar-refractivity contribution in [1.82, 2.24) is 4.57 Å². The predicted octanol–water partition coefficient (Wildman–Crippen LogP) is 2.53. The lowest BCUT2D eigenvalue weighted by molar-refractivity contribution is -0.139. The highest BCUT2D eigenvalue weighted by atomic mass is 32.1. The summed E-state index contributed by atoms with van der Waals surface area (Å²) in [6.45, 7) is 3.60. The number of carbonyl (C=O) groups is 1. The average molecular weight is 412 g/mol. The van der Waals surface area contributed by atoms with E-state index in [0.29, 0.717) is 26.4 Å². The third kappa shape index (κ3) is 3.47. The van der Waals surface area contributed by atoms with Crippen LogP contribution < -0.4 is 14.9 Å². The fourth-order valence-electron chi connectivity index (χ4n) is 3.25. The first-order valence-electron chi connectivity index (χ1n) is 8.98. The normalized spacial score (nSPS) is 16.5. The second-order valence-corrected chi connectivity index (χ2v) is 7.38. The minimum atomic E-state index is -0.760. The number of thiazole rings is 1. The van der Waals surface area contributed by atoms with Crippen molar-refractivity contribution < 1.29 is 18.3 Å². The highest BCUT2D eigenvalue weighted by Crippen LogP contribution is 2.30. The van der Waals surface area contributed by atoms with Crippen LogP contribution in [0.4, 0.5) is 4.39 Å². The van der Waals surface area contributed by atoms with Gasteiger partial charge in [-0.3, -0.25) is 9.36 Å². The van der Waals surface area contributed by atoms with Gasteiger partial charge in [0.15, 0.2) is 4.80 Å². The molecule has 1 atom stereocenters. The lowest BCUT2D eigenvalue weighted by Gasteiger charge is -2.24. The fraction of sp³-hybridized carbons (Fsp3) is 0.190. The summed E-state index contributed by atoms with van der Waals surface area (Å²) in [6.07, 6.45) is 3.15. The van der Waals surface area contributed by atoms with Crippen LogP contribution in [0, 0.1) is 5.82 Å². The molecule has 1 unspecified atom stereocenters. The number of allylic oxidation sites excluding steroid dienone is 1. The Labute approximate surface area is 168 Å². The van der Waals surface area contributed by atoms with Crippen molar-refractivity contribution in [3.63, 3.8) is 0 Å². The number of furan rings is 1. The number of benzene rings is 1. The molecule has 0 fully saturated rings. The molecule has 0 amide bonds. The van der Waals surface area contributed by atoms with Crippen molar-refractivity contribution in [2.75, 3.05) is 6.61 Å². The fourth-order valence-corrected chi connectivity index (χ4v) is 4.28. The Morgan fingerprint density at radius 2 is 2.10 bits per heavy atom. The molecule has 0 N–H and O–H groups in total. The van der Waals surface area contributed by atoms with Crippen molar-refractivity contribution >= 4 is 23.4 Å². The average Bonchev–Trinajstić information content (AvgIpc) is 3.30. The van der Waals surface area contributed by atoms with Gasteiger partial charge in [0.05, 0.1) is 34.7 Å². The number of hydrogen-bond donors (Lipinski definition) is 0. The summed E-state index contributed by atoms with van der Waals surface area (Å²) in [7, 11) is 0. The minimum absolute atomic E-state index is 0.189. The Balaban J connectivity index is 1.97. The van der Waals surface area contributed by atoms with Gasteiger partial charge in [-0.15, -0.1) is 0 Å². The quantitative estimate of drug-likeness (QED) is 0.618. The summed E-state index contributed by atoms with van der Waals surface area (Å²) < 4.78 is 25.9. The second kappa shape index (κ2) is 7.63. The molecular weight excluding hydrogens is 395 g/mol. The van der Waals surface area contributed by atoms with Gasteiger partial charge in [0, 0.05) is 6.08 Å². The third-order valence-electron chi connectivity index (χ3n) is 4.52. The molecular formula is C21H17FN2O4S. The standard InChI is InChI=1S/C21H17FN2O4S/c1-3-27-20(26)17-12(2)23-21-24(18(17)13-6-8-14(22)9-7-13)19(25)16(29-21)11-15-5-4-10-28-15/h4-11,18H,3H2,1-2H3/b16-11-. The molecule has 0 saturated carbocycles. The molecule has 1 aliphatic rings. The highest BCUT2D eigenvalue weighted by molar-refractivity contribution is 7.07. The van der Waals surface area contributed by atoms with E-state index in [2.05, 4.69) is 4.99 Å². The summed E-state index contributed by atoms with van der Waals surface area (Å²) in [5, 5.41) is 0. The van der Waals surface area contributed by atoms with Gasteiger partial charge in [-0.1, -0.05) is 23.5 Å². The molecule has 0 saturated heterocycles. The molecule has 2 aromatic heterocycles. The van der Waals surface area contributed by atoms with Crippen LogP contribution in [0.5, 0.6) is 0 Å². The van der Waals surface area contributed by atoms with E-state index in [1.54, 1.807) is 44.2 Å². The maximum Gasteiger partial charge on any atom is 0.338 e. The van der Waals surface area contributed by atoms with Gasteiger partial charge in [-0.25, -0.2) is 14.2 Å². The molecule has 3 heterocycles. The lowest BCUT2D eigenvalue weighted by Crippen LogP contribution is -2.39. The monoisotopic (exact) mass is 412 g/mol.